The zero-order chi connectivity index (χ0) is 10.6. The van der Waals surface area contributed by atoms with Crippen molar-refractivity contribution in [1.82, 2.24) is 0 Å². The fourth-order valence-electron chi connectivity index (χ4n) is 0.704. The van der Waals surface area contributed by atoms with Gasteiger partial charge >= 0.3 is 12.3 Å². The summed E-state index contributed by atoms with van der Waals surface area (Å²) in [6.45, 7) is -1.34. The minimum absolute atomic E-state index is 0.0211. The van der Waals surface area contributed by atoms with E-state index in [1.807, 2.05) is 0 Å². The van der Waals surface area contributed by atoms with Crippen molar-refractivity contribution in [2.75, 3.05) is 6.61 Å². The van der Waals surface area contributed by atoms with E-state index in [2.05, 4.69) is 10.8 Å². The highest BCUT2D eigenvalue weighted by atomic mass is 19.3. The number of hydrogen-bond donors (Lipinski definition) is 0. The van der Waals surface area contributed by atoms with E-state index in [4.69, 9.17) is 0 Å². The monoisotopic (exact) mass is 207 g/mol. The second-order valence-corrected chi connectivity index (χ2v) is 2.58. The van der Waals surface area contributed by atoms with Gasteiger partial charge in [0.25, 0.3) is 0 Å². The van der Waals surface area contributed by atoms with Crippen LogP contribution in [0.3, 0.4) is 0 Å². The first-order valence-electron chi connectivity index (χ1n) is 3.78. The summed E-state index contributed by atoms with van der Waals surface area (Å²) in [6.07, 6.45) is -3.72. The standard InChI is InChI=1S/C9H7F4O/c10-8(11)9(12,13)6-14-7-4-2-1-3-5-7/h1-4,8H,6H2. The minimum Gasteiger partial charge on any atom is -0.486 e. The number of benzene rings is 1. The van der Waals surface area contributed by atoms with Crippen molar-refractivity contribution in [3.05, 3.63) is 30.3 Å². The number of halogens is 4. The van der Waals surface area contributed by atoms with E-state index in [1.54, 1.807) is 6.07 Å². The topological polar surface area (TPSA) is 9.23 Å². The zero-order valence-corrected chi connectivity index (χ0v) is 7.01. The molecule has 1 aromatic carbocycles. The average Bonchev–Trinajstić information content (AvgIpc) is 2.16. The van der Waals surface area contributed by atoms with E-state index in [-0.39, 0.29) is 5.75 Å². The van der Waals surface area contributed by atoms with Crippen LogP contribution in [-0.2, 0) is 0 Å². The first kappa shape index (κ1) is 10.8. The van der Waals surface area contributed by atoms with Gasteiger partial charge in [0.2, 0.25) is 0 Å². The summed E-state index contributed by atoms with van der Waals surface area (Å²) in [4.78, 5) is 0. The van der Waals surface area contributed by atoms with Gasteiger partial charge in [-0.2, -0.15) is 8.78 Å². The molecular formula is C9H7F4O. The highest BCUT2D eigenvalue weighted by molar-refractivity contribution is 5.19. The highest BCUT2D eigenvalue weighted by Gasteiger charge is 2.41. The molecule has 0 fully saturated rings. The Bertz CT molecular complexity index is 273. The normalized spacial score (nSPS) is 11.8. The molecule has 0 heterocycles. The van der Waals surface area contributed by atoms with Gasteiger partial charge < -0.3 is 4.74 Å². The van der Waals surface area contributed by atoms with E-state index >= 15 is 0 Å². The number of alkyl halides is 4. The van der Waals surface area contributed by atoms with E-state index in [0.717, 1.165) is 0 Å². The molecule has 0 amide bonds. The highest BCUT2D eigenvalue weighted by Crippen LogP contribution is 2.23. The van der Waals surface area contributed by atoms with Gasteiger partial charge in [-0.3, -0.25) is 0 Å². The van der Waals surface area contributed by atoms with Gasteiger partial charge in [-0.05, 0) is 6.07 Å². The number of ether oxygens (including phenoxy) is 1. The first-order chi connectivity index (χ1) is 6.52. The zero-order valence-electron chi connectivity index (χ0n) is 7.01. The average molecular weight is 207 g/mol. The largest absolute Gasteiger partial charge is 0.486 e. The third-order valence-electron chi connectivity index (χ3n) is 1.42. The fraction of sp³-hybridized carbons (Fsp3) is 0.333. The van der Waals surface area contributed by atoms with Crippen LogP contribution in [0.2, 0.25) is 0 Å². The third-order valence-corrected chi connectivity index (χ3v) is 1.42. The van der Waals surface area contributed by atoms with E-state index in [9.17, 15) is 17.6 Å². The smallest absolute Gasteiger partial charge is 0.340 e. The maximum Gasteiger partial charge on any atom is 0.340 e. The molecule has 0 bridgehead atoms. The maximum absolute atomic E-state index is 12.3. The lowest BCUT2D eigenvalue weighted by atomic mass is 10.3. The van der Waals surface area contributed by atoms with E-state index in [0.29, 0.717) is 0 Å². The van der Waals surface area contributed by atoms with Crippen molar-refractivity contribution in [1.29, 1.82) is 0 Å². The summed E-state index contributed by atoms with van der Waals surface area (Å²) < 4.78 is 52.5. The lowest BCUT2D eigenvalue weighted by Gasteiger charge is -2.15. The molecule has 0 aliphatic rings. The Hall–Kier alpha value is -1.26. The predicted octanol–water partition coefficient (Wildman–Crippen LogP) is 2.77. The molecule has 0 saturated carbocycles. The molecule has 0 aliphatic carbocycles. The lowest BCUT2D eigenvalue weighted by molar-refractivity contribution is -0.148. The molecule has 0 saturated heterocycles. The van der Waals surface area contributed by atoms with Crippen LogP contribution >= 0.6 is 0 Å². The van der Waals surface area contributed by atoms with E-state index < -0.39 is 19.0 Å². The van der Waals surface area contributed by atoms with Crippen LogP contribution in [0, 0.1) is 6.07 Å². The maximum atomic E-state index is 12.3. The van der Waals surface area contributed by atoms with Crippen LogP contribution in [0.25, 0.3) is 0 Å². The van der Waals surface area contributed by atoms with Crippen molar-refractivity contribution in [3.63, 3.8) is 0 Å². The van der Waals surface area contributed by atoms with Gasteiger partial charge in [-0.15, -0.1) is 0 Å². The van der Waals surface area contributed by atoms with Gasteiger partial charge in [0, 0.05) is 6.07 Å². The second-order valence-electron chi connectivity index (χ2n) is 2.58. The van der Waals surface area contributed by atoms with Crippen molar-refractivity contribution in [2.24, 2.45) is 0 Å². The molecule has 5 heteroatoms. The van der Waals surface area contributed by atoms with Gasteiger partial charge in [0.05, 0.1) is 0 Å². The Labute approximate surface area is 78.3 Å². The minimum atomic E-state index is -4.12. The van der Waals surface area contributed by atoms with Gasteiger partial charge in [-0.1, -0.05) is 18.2 Å². The quantitative estimate of drug-likeness (QED) is 0.690. The van der Waals surface area contributed by atoms with Gasteiger partial charge in [-0.25, -0.2) is 8.78 Å². The lowest BCUT2D eigenvalue weighted by Crippen LogP contribution is -2.33. The first-order valence-corrected chi connectivity index (χ1v) is 3.78. The van der Waals surface area contributed by atoms with Crippen molar-refractivity contribution < 1.29 is 22.3 Å². The van der Waals surface area contributed by atoms with Crippen LogP contribution in [0.15, 0.2) is 24.3 Å². The molecule has 1 nitrogen and oxygen atoms in total. The fourth-order valence-corrected chi connectivity index (χ4v) is 0.704. The molecule has 1 rings (SSSR count). The Morgan fingerprint density at radius 2 is 2.07 bits per heavy atom. The Kier molecular flexibility index (Phi) is 3.33. The summed E-state index contributed by atoms with van der Waals surface area (Å²) in [5, 5.41) is 0. The van der Waals surface area contributed by atoms with Crippen molar-refractivity contribution >= 4 is 0 Å². The summed E-state index contributed by atoms with van der Waals surface area (Å²) >= 11 is 0. The number of hydrogen-bond acceptors (Lipinski definition) is 1. The summed E-state index contributed by atoms with van der Waals surface area (Å²) in [7, 11) is 0. The molecule has 0 spiro atoms. The van der Waals surface area contributed by atoms with Crippen molar-refractivity contribution in [3.8, 4) is 5.75 Å². The SMILES string of the molecule is FC(F)C(F)(F)COc1[c]cccc1. The van der Waals surface area contributed by atoms with Gasteiger partial charge in [0.15, 0.2) is 6.61 Å². The molecule has 0 N–H and O–H groups in total. The van der Waals surface area contributed by atoms with Crippen LogP contribution in [0.1, 0.15) is 0 Å². The molecule has 1 radical (unpaired) electrons. The number of rotatable bonds is 4. The Morgan fingerprint density at radius 3 is 2.57 bits per heavy atom. The Morgan fingerprint density at radius 1 is 1.36 bits per heavy atom. The molecular weight excluding hydrogens is 200 g/mol. The Balaban J connectivity index is 2.49. The van der Waals surface area contributed by atoms with Gasteiger partial charge in [0.1, 0.15) is 5.75 Å². The molecule has 0 aliphatic heterocycles. The molecule has 0 atom stereocenters. The molecule has 14 heavy (non-hydrogen) atoms. The molecule has 1 aromatic rings. The summed E-state index contributed by atoms with van der Waals surface area (Å²) in [6, 6.07) is 8.43. The van der Waals surface area contributed by atoms with Crippen LogP contribution < -0.4 is 4.74 Å². The second kappa shape index (κ2) is 4.30. The molecule has 0 unspecified atom stereocenters. The molecule has 0 aromatic heterocycles. The van der Waals surface area contributed by atoms with E-state index in [1.165, 1.54) is 18.2 Å². The summed E-state index contributed by atoms with van der Waals surface area (Å²) in [5.41, 5.74) is 0. The molecule has 77 valence electrons. The predicted molar refractivity (Wildman–Crippen MR) is 41.7 cm³/mol. The van der Waals surface area contributed by atoms with Crippen LogP contribution in [-0.4, -0.2) is 19.0 Å². The summed E-state index contributed by atoms with van der Waals surface area (Å²) in [5.74, 6) is -4.10. The number of para-hydroxylation sites is 1. The van der Waals surface area contributed by atoms with Crippen molar-refractivity contribution in [2.45, 2.75) is 12.3 Å². The van der Waals surface area contributed by atoms with Crippen LogP contribution in [0.5, 0.6) is 5.75 Å². The van der Waals surface area contributed by atoms with Crippen LogP contribution in [0.4, 0.5) is 17.6 Å². The third kappa shape index (κ3) is 2.90.